The van der Waals surface area contributed by atoms with E-state index in [0.717, 1.165) is 11.1 Å². The lowest BCUT2D eigenvalue weighted by Crippen LogP contribution is -2.45. The molecule has 0 aromatic heterocycles. The molecular formula is C24H29NO4. The highest BCUT2D eigenvalue weighted by Gasteiger charge is 2.29. The molecule has 1 aliphatic rings. The van der Waals surface area contributed by atoms with Gasteiger partial charge in [0.25, 0.3) is 0 Å². The van der Waals surface area contributed by atoms with Crippen LogP contribution in [0.3, 0.4) is 0 Å². The summed E-state index contributed by atoms with van der Waals surface area (Å²) in [5.74, 6) is -0.367. The second-order valence-electron chi connectivity index (χ2n) is 7.28. The van der Waals surface area contributed by atoms with Gasteiger partial charge in [0.15, 0.2) is 0 Å². The molecule has 5 nitrogen and oxygen atoms in total. The van der Waals surface area contributed by atoms with E-state index in [1.54, 1.807) is 13.0 Å². The van der Waals surface area contributed by atoms with Crippen LogP contribution >= 0.6 is 0 Å². The summed E-state index contributed by atoms with van der Waals surface area (Å²) in [6.45, 7) is 7.66. The Balaban J connectivity index is 1.68. The molecule has 0 spiro atoms. The van der Waals surface area contributed by atoms with Crippen molar-refractivity contribution in [2.24, 2.45) is 0 Å². The number of aryl methyl sites for hydroxylation is 2. The van der Waals surface area contributed by atoms with Gasteiger partial charge in [-0.15, -0.1) is 0 Å². The van der Waals surface area contributed by atoms with Crippen LogP contribution in [0, 0.1) is 13.8 Å². The van der Waals surface area contributed by atoms with Crippen molar-refractivity contribution < 1.29 is 19.0 Å². The molecule has 0 aliphatic carbocycles. The largest absolute Gasteiger partial charge is 0.461 e. The molecule has 1 aliphatic heterocycles. The van der Waals surface area contributed by atoms with Crippen molar-refractivity contribution in [3.05, 3.63) is 82.6 Å². The number of carbonyl (C=O) groups excluding carboxylic acids is 1. The van der Waals surface area contributed by atoms with E-state index in [1.165, 1.54) is 11.1 Å². The number of hydrogen-bond donors (Lipinski definition) is 1. The monoisotopic (exact) mass is 395 g/mol. The third-order valence-electron chi connectivity index (χ3n) is 4.83. The van der Waals surface area contributed by atoms with Crippen LogP contribution < -0.4 is 5.32 Å². The predicted molar refractivity (Wildman–Crippen MR) is 112 cm³/mol. The van der Waals surface area contributed by atoms with E-state index in [9.17, 15) is 4.79 Å². The zero-order chi connectivity index (χ0) is 20.6. The maximum Gasteiger partial charge on any atom is 0.354 e. The first-order chi connectivity index (χ1) is 14.0. The molecule has 0 saturated carbocycles. The number of hydrogen-bond acceptors (Lipinski definition) is 5. The van der Waals surface area contributed by atoms with Crippen LogP contribution in [0.2, 0.25) is 0 Å². The maximum atomic E-state index is 12.1. The summed E-state index contributed by atoms with van der Waals surface area (Å²) >= 11 is 0. The first-order valence-corrected chi connectivity index (χ1v) is 10.0. The molecule has 154 valence electrons. The molecule has 3 rings (SSSR count). The Kier molecular flexibility index (Phi) is 7.44. The van der Waals surface area contributed by atoms with Gasteiger partial charge in [0, 0.05) is 6.54 Å². The van der Waals surface area contributed by atoms with Crippen molar-refractivity contribution in [1.82, 2.24) is 5.32 Å². The molecule has 1 heterocycles. The summed E-state index contributed by atoms with van der Waals surface area (Å²) in [5.41, 5.74) is 5.04. The summed E-state index contributed by atoms with van der Waals surface area (Å²) < 4.78 is 17.4. The van der Waals surface area contributed by atoms with Gasteiger partial charge in [-0.2, -0.15) is 0 Å². The highest BCUT2D eigenvalue weighted by molar-refractivity contribution is 5.88. The van der Waals surface area contributed by atoms with E-state index in [2.05, 4.69) is 67.7 Å². The van der Waals surface area contributed by atoms with E-state index >= 15 is 0 Å². The minimum Gasteiger partial charge on any atom is -0.461 e. The molecule has 0 fully saturated rings. The SMILES string of the molecule is CCOC(=O)C1=C[C@H](OCc2ccc(C)cc2)[C@@H](OCc2ccc(C)cc2)CN1. The van der Waals surface area contributed by atoms with Crippen LogP contribution in [0.5, 0.6) is 0 Å². The number of ether oxygens (including phenoxy) is 3. The molecule has 2 aromatic rings. The summed E-state index contributed by atoms with van der Waals surface area (Å²) in [6.07, 6.45) is 1.22. The number of nitrogens with one attached hydrogen (secondary N) is 1. The first kappa shape index (κ1) is 21.1. The van der Waals surface area contributed by atoms with E-state index in [1.807, 2.05) is 0 Å². The summed E-state index contributed by atoms with van der Waals surface area (Å²) in [7, 11) is 0. The Hall–Kier alpha value is -2.63. The molecule has 0 amide bonds. The van der Waals surface area contributed by atoms with Crippen LogP contribution in [0.15, 0.2) is 60.3 Å². The topological polar surface area (TPSA) is 56.8 Å². The van der Waals surface area contributed by atoms with Gasteiger partial charge < -0.3 is 19.5 Å². The fourth-order valence-corrected chi connectivity index (χ4v) is 3.08. The van der Waals surface area contributed by atoms with Gasteiger partial charge in [-0.1, -0.05) is 59.7 Å². The number of esters is 1. The van der Waals surface area contributed by atoms with Crippen LogP contribution in [-0.4, -0.2) is 31.3 Å². The van der Waals surface area contributed by atoms with Crippen molar-refractivity contribution in [1.29, 1.82) is 0 Å². The van der Waals surface area contributed by atoms with E-state index in [-0.39, 0.29) is 18.2 Å². The third-order valence-corrected chi connectivity index (χ3v) is 4.83. The Morgan fingerprint density at radius 2 is 1.48 bits per heavy atom. The molecule has 2 atom stereocenters. The van der Waals surface area contributed by atoms with Gasteiger partial charge in [0.05, 0.1) is 19.8 Å². The van der Waals surface area contributed by atoms with Crippen LogP contribution in [0.4, 0.5) is 0 Å². The average Bonchev–Trinajstić information content (AvgIpc) is 2.73. The second-order valence-corrected chi connectivity index (χ2v) is 7.28. The smallest absolute Gasteiger partial charge is 0.354 e. The molecule has 0 radical (unpaired) electrons. The van der Waals surface area contributed by atoms with Crippen molar-refractivity contribution in [2.45, 2.75) is 46.2 Å². The molecule has 5 heteroatoms. The summed E-state index contributed by atoms with van der Waals surface area (Å²) in [4.78, 5) is 12.1. The van der Waals surface area contributed by atoms with Gasteiger partial charge in [0.2, 0.25) is 0 Å². The maximum absolute atomic E-state index is 12.1. The molecule has 1 N–H and O–H groups in total. The lowest BCUT2D eigenvalue weighted by Gasteiger charge is -2.31. The molecule has 0 bridgehead atoms. The first-order valence-electron chi connectivity index (χ1n) is 10.0. The fraction of sp³-hybridized carbons (Fsp3) is 0.375. The standard InChI is InChI=1S/C24H29NO4/c1-4-27-24(26)21-13-22(28-15-19-9-5-17(2)6-10-19)23(14-25-21)29-16-20-11-7-18(3)8-12-20/h5-13,22-23,25H,4,14-16H2,1-3H3/t22-,23-/m0/s1. The molecule has 0 saturated heterocycles. The van der Waals surface area contributed by atoms with Crippen LogP contribution in [0.25, 0.3) is 0 Å². The van der Waals surface area contributed by atoms with Crippen molar-refractivity contribution >= 4 is 5.97 Å². The number of benzene rings is 2. The third kappa shape index (κ3) is 6.17. The minimum atomic E-state index is -0.367. The van der Waals surface area contributed by atoms with Crippen molar-refractivity contribution in [3.8, 4) is 0 Å². The van der Waals surface area contributed by atoms with Gasteiger partial charge in [0.1, 0.15) is 17.9 Å². The van der Waals surface area contributed by atoms with Crippen molar-refractivity contribution in [2.75, 3.05) is 13.2 Å². The van der Waals surface area contributed by atoms with Crippen LogP contribution in [0.1, 0.15) is 29.2 Å². The fourth-order valence-electron chi connectivity index (χ4n) is 3.08. The zero-order valence-corrected chi connectivity index (χ0v) is 17.3. The van der Waals surface area contributed by atoms with Gasteiger partial charge >= 0.3 is 5.97 Å². The normalized spacial score (nSPS) is 18.7. The second kappa shape index (κ2) is 10.2. The lowest BCUT2D eigenvalue weighted by molar-refractivity contribution is -0.139. The average molecular weight is 395 g/mol. The summed E-state index contributed by atoms with van der Waals surface area (Å²) in [6, 6.07) is 16.5. The lowest BCUT2D eigenvalue weighted by atomic mass is 10.1. The van der Waals surface area contributed by atoms with Gasteiger partial charge in [-0.3, -0.25) is 0 Å². The Labute approximate surface area is 172 Å². The minimum absolute atomic E-state index is 0.208. The van der Waals surface area contributed by atoms with Crippen LogP contribution in [-0.2, 0) is 32.2 Å². The van der Waals surface area contributed by atoms with Gasteiger partial charge in [-0.05, 0) is 38.0 Å². The number of carbonyl (C=O) groups is 1. The zero-order valence-electron chi connectivity index (χ0n) is 17.3. The number of rotatable bonds is 8. The Morgan fingerprint density at radius 1 is 0.931 bits per heavy atom. The highest BCUT2D eigenvalue weighted by Crippen LogP contribution is 2.18. The predicted octanol–water partition coefficient (Wildman–Crippen LogP) is 3.82. The molecule has 29 heavy (non-hydrogen) atoms. The quantitative estimate of drug-likeness (QED) is 0.689. The van der Waals surface area contributed by atoms with E-state index in [4.69, 9.17) is 14.2 Å². The van der Waals surface area contributed by atoms with E-state index < -0.39 is 0 Å². The molecular weight excluding hydrogens is 366 g/mol. The van der Waals surface area contributed by atoms with Gasteiger partial charge in [-0.25, -0.2) is 4.79 Å². The van der Waals surface area contributed by atoms with E-state index in [0.29, 0.717) is 32.1 Å². The Morgan fingerprint density at radius 3 is 2.03 bits per heavy atom. The van der Waals surface area contributed by atoms with Crippen molar-refractivity contribution in [3.63, 3.8) is 0 Å². The summed E-state index contributed by atoms with van der Waals surface area (Å²) in [5, 5.41) is 3.12. The molecule has 0 unspecified atom stereocenters. The Bertz CT molecular complexity index is 827. The highest BCUT2D eigenvalue weighted by atomic mass is 16.5. The molecule has 2 aromatic carbocycles.